The van der Waals surface area contributed by atoms with E-state index in [0.717, 1.165) is 55.9 Å². The molecule has 5 N–H and O–H groups in total. The summed E-state index contributed by atoms with van der Waals surface area (Å²) in [5.41, 5.74) is 2.58. The number of halogens is 1. The molecule has 1 fully saturated rings. The first-order valence-corrected chi connectivity index (χ1v) is 15.4. The summed E-state index contributed by atoms with van der Waals surface area (Å²) in [5.74, 6) is 0.189. The Morgan fingerprint density at radius 3 is 2.45 bits per heavy atom. The van der Waals surface area contributed by atoms with Gasteiger partial charge in [0.2, 0.25) is 11.8 Å². The van der Waals surface area contributed by atoms with E-state index in [9.17, 15) is 14.4 Å². The van der Waals surface area contributed by atoms with Crippen LogP contribution in [-0.2, 0) is 16.1 Å². The first kappa shape index (κ1) is 31.3. The van der Waals surface area contributed by atoms with Crippen molar-refractivity contribution in [2.75, 3.05) is 13.1 Å². The van der Waals surface area contributed by atoms with Gasteiger partial charge in [0.15, 0.2) is 5.96 Å². The summed E-state index contributed by atoms with van der Waals surface area (Å²) in [6, 6.07) is 13.5. The second-order valence-electron chi connectivity index (χ2n) is 11.7. The van der Waals surface area contributed by atoms with Gasteiger partial charge in [-0.3, -0.25) is 19.4 Å². The van der Waals surface area contributed by atoms with Gasteiger partial charge in [-0.2, -0.15) is 0 Å². The number of hydrogen-bond donors (Lipinski definition) is 5. The first-order chi connectivity index (χ1) is 20.2. The fraction of sp³-hybridized carbons (Fsp3) is 0.500. The van der Waals surface area contributed by atoms with Crippen LogP contribution >= 0.6 is 11.6 Å². The lowest BCUT2D eigenvalue weighted by molar-refractivity contribution is -0.130. The highest BCUT2D eigenvalue weighted by Crippen LogP contribution is 2.34. The maximum absolute atomic E-state index is 13.5. The fourth-order valence-corrected chi connectivity index (χ4v) is 5.74. The van der Waals surface area contributed by atoms with Crippen molar-refractivity contribution < 1.29 is 14.4 Å². The second-order valence-corrected chi connectivity index (χ2v) is 12.1. The topological polar surface area (TPSA) is 124 Å². The summed E-state index contributed by atoms with van der Waals surface area (Å²) in [4.78, 5) is 43.8. The normalized spacial score (nSPS) is 19.7. The standard InChI is InChI=1S/C32H43ClN6O3/c1-20(2)17-28(31(42)38-27-10-5-4-9-26(27)24-7-6-8-25(33)18-24)39-29(40)21(3)37-30(41)23-13-11-22(12-14-23)19-36-32-34-15-16-35-32/h6-8,11-14,18,20-21,26-28H,4-5,9-10,15-17,19H2,1-3H3,(H,37,41)(H,38,42)(H,39,40)(H2,34,35,36)/t21-,26-,27+,28-/m0/s1. The van der Waals surface area contributed by atoms with Crippen molar-refractivity contribution in [3.05, 3.63) is 70.2 Å². The number of guanidine groups is 1. The average molecular weight is 595 g/mol. The highest BCUT2D eigenvalue weighted by atomic mass is 35.5. The largest absolute Gasteiger partial charge is 0.355 e. The van der Waals surface area contributed by atoms with Crippen molar-refractivity contribution in [3.63, 3.8) is 0 Å². The Kier molecular flexibility index (Phi) is 11.2. The fourth-order valence-electron chi connectivity index (χ4n) is 5.54. The Morgan fingerprint density at radius 2 is 1.76 bits per heavy atom. The molecule has 10 heteroatoms. The molecular weight excluding hydrogens is 552 g/mol. The molecule has 1 aliphatic carbocycles. The Bertz CT molecular complexity index is 1270. The number of carbonyl (C=O) groups is 3. The summed E-state index contributed by atoms with van der Waals surface area (Å²) >= 11 is 6.26. The minimum Gasteiger partial charge on any atom is -0.355 e. The molecule has 2 aromatic carbocycles. The third-order valence-corrected chi connectivity index (χ3v) is 8.04. The van der Waals surface area contributed by atoms with Crippen LogP contribution in [0.4, 0.5) is 0 Å². The van der Waals surface area contributed by atoms with Gasteiger partial charge in [0.05, 0.1) is 6.54 Å². The molecule has 1 saturated carbocycles. The second kappa shape index (κ2) is 15.0. The molecule has 4 rings (SSSR count). The molecule has 0 aromatic heterocycles. The number of rotatable bonds is 11. The van der Waals surface area contributed by atoms with Gasteiger partial charge < -0.3 is 26.6 Å². The van der Waals surface area contributed by atoms with Gasteiger partial charge in [-0.05, 0) is 67.5 Å². The molecule has 0 radical (unpaired) electrons. The maximum atomic E-state index is 13.5. The predicted molar refractivity (Wildman–Crippen MR) is 166 cm³/mol. The number of hydrogen-bond acceptors (Lipinski definition) is 6. The van der Waals surface area contributed by atoms with Gasteiger partial charge in [0.25, 0.3) is 5.91 Å². The molecule has 4 atom stereocenters. The van der Waals surface area contributed by atoms with Crippen LogP contribution < -0.4 is 26.6 Å². The average Bonchev–Trinajstić information content (AvgIpc) is 3.50. The lowest BCUT2D eigenvalue weighted by Crippen LogP contribution is -2.55. The molecule has 226 valence electrons. The van der Waals surface area contributed by atoms with E-state index < -0.39 is 18.0 Å². The molecule has 0 spiro atoms. The van der Waals surface area contributed by atoms with Crippen molar-refractivity contribution in [1.82, 2.24) is 26.6 Å². The first-order valence-electron chi connectivity index (χ1n) is 15.0. The van der Waals surface area contributed by atoms with Crippen LogP contribution in [0.2, 0.25) is 5.02 Å². The monoisotopic (exact) mass is 594 g/mol. The number of benzene rings is 2. The third kappa shape index (κ3) is 8.95. The maximum Gasteiger partial charge on any atom is 0.251 e. The van der Waals surface area contributed by atoms with Crippen molar-refractivity contribution in [3.8, 4) is 0 Å². The Balaban J connectivity index is 1.32. The minimum atomic E-state index is -0.818. The minimum absolute atomic E-state index is 0.0333. The van der Waals surface area contributed by atoms with E-state index in [1.165, 1.54) is 0 Å². The number of nitrogens with zero attached hydrogens (tertiary/aromatic N) is 1. The van der Waals surface area contributed by atoms with E-state index in [-0.39, 0.29) is 29.7 Å². The number of nitrogens with one attached hydrogen (secondary N) is 5. The van der Waals surface area contributed by atoms with Crippen LogP contribution in [0.5, 0.6) is 0 Å². The Hall–Kier alpha value is -3.59. The lowest BCUT2D eigenvalue weighted by atomic mass is 9.80. The molecule has 1 aliphatic heterocycles. The van der Waals surface area contributed by atoms with E-state index in [0.29, 0.717) is 23.6 Å². The Labute approximate surface area is 253 Å². The molecule has 0 saturated heterocycles. The summed E-state index contributed by atoms with van der Waals surface area (Å²) in [6.07, 6.45) is 4.47. The zero-order chi connectivity index (χ0) is 30.1. The van der Waals surface area contributed by atoms with Gasteiger partial charge in [-0.15, -0.1) is 0 Å². The number of carbonyl (C=O) groups excluding carboxylic acids is 3. The van der Waals surface area contributed by atoms with Gasteiger partial charge in [0, 0.05) is 35.6 Å². The van der Waals surface area contributed by atoms with Gasteiger partial charge >= 0.3 is 0 Å². The van der Waals surface area contributed by atoms with Crippen molar-refractivity contribution in [2.45, 2.75) is 83.5 Å². The molecule has 1 heterocycles. The molecule has 3 amide bonds. The van der Waals surface area contributed by atoms with Crippen LogP contribution in [0.15, 0.2) is 53.5 Å². The van der Waals surface area contributed by atoms with Crippen molar-refractivity contribution in [2.24, 2.45) is 10.9 Å². The van der Waals surface area contributed by atoms with E-state index >= 15 is 0 Å². The molecule has 0 bridgehead atoms. The highest BCUT2D eigenvalue weighted by molar-refractivity contribution is 6.30. The molecule has 2 aliphatic rings. The predicted octanol–water partition coefficient (Wildman–Crippen LogP) is 3.88. The third-order valence-electron chi connectivity index (χ3n) is 7.80. The summed E-state index contributed by atoms with van der Waals surface area (Å²) in [6.45, 7) is 7.85. The SMILES string of the molecule is CC(C)C[C@H](NC(=O)[C@H](C)NC(=O)c1ccc(CNC2=NCCN2)cc1)C(=O)N[C@@H]1CCCC[C@H]1c1cccc(Cl)c1. The van der Waals surface area contributed by atoms with Crippen LogP contribution in [-0.4, -0.2) is 54.9 Å². The van der Waals surface area contributed by atoms with Gasteiger partial charge in [-0.25, -0.2) is 0 Å². The molecule has 2 aromatic rings. The van der Waals surface area contributed by atoms with Crippen molar-refractivity contribution in [1.29, 1.82) is 0 Å². The van der Waals surface area contributed by atoms with Crippen molar-refractivity contribution >= 4 is 35.3 Å². The Morgan fingerprint density at radius 1 is 1.00 bits per heavy atom. The van der Waals surface area contributed by atoms with E-state index in [1.54, 1.807) is 19.1 Å². The molecular formula is C32H43ClN6O3. The molecule has 42 heavy (non-hydrogen) atoms. The molecule has 9 nitrogen and oxygen atoms in total. The van der Waals surface area contributed by atoms with Crippen LogP contribution in [0.1, 0.15) is 80.3 Å². The number of amides is 3. The molecule has 0 unspecified atom stereocenters. The highest BCUT2D eigenvalue weighted by Gasteiger charge is 2.32. The van der Waals surface area contributed by atoms with Gasteiger partial charge in [-0.1, -0.05) is 62.6 Å². The lowest BCUT2D eigenvalue weighted by Gasteiger charge is -2.34. The summed E-state index contributed by atoms with van der Waals surface area (Å²) in [5, 5.41) is 16.0. The quantitative estimate of drug-likeness (QED) is 0.270. The zero-order valence-electron chi connectivity index (χ0n) is 24.7. The van der Waals surface area contributed by atoms with Crippen LogP contribution in [0, 0.1) is 5.92 Å². The summed E-state index contributed by atoms with van der Waals surface area (Å²) < 4.78 is 0. The van der Waals surface area contributed by atoms with E-state index in [2.05, 4.69) is 37.6 Å². The van der Waals surface area contributed by atoms with Crippen LogP contribution in [0.25, 0.3) is 0 Å². The van der Waals surface area contributed by atoms with E-state index in [4.69, 9.17) is 11.6 Å². The number of aliphatic imine (C=N–C) groups is 1. The summed E-state index contributed by atoms with van der Waals surface area (Å²) in [7, 11) is 0. The zero-order valence-corrected chi connectivity index (χ0v) is 25.5. The smallest absolute Gasteiger partial charge is 0.251 e. The van der Waals surface area contributed by atoms with Gasteiger partial charge in [0.1, 0.15) is 12.1 Å². The van der Waals surface area contributed by atoms with Crippen LogP contribution in [0.3, 0.4) is 0 Å². The van der Waals surface area contributed by atoms with E-state index in [1.807, 2.05) is 44.2 Å².